The Morgan fingerprint density at radius 3 is 2.67 bits per heavy atom. The molecule has 3 rings (SSSR count). The fraction of sp³-hybridized carbons (Fsp3) is 0.0588. The summed E-state index contributed by atoms with van der Waals surface area (Å²) in [5, 5.41) is 9.89. The van der Waals surface area contributed by atoms with Crippen LogP contribution in [0.5, 0.6) is 0 Å². The van der Waals surface area contributed by atoms with E-state index in [2.05, 4.69) is 15.5 Å². The van der Waals surface area contributed by atoms with Gasteiger partial charge >= 0.3 is 0 Å². The highest BCUT2D eigenvalue weighted by Gasteiger charge is 2.11. The first-order valence-electron chi connectivity index (χ1n) is 7.18. The molecule has 5 nitrogen and oxygen atoms in total. The first-order valence-corrected chi connectivity index (χ1v) is 7.18. The number of carbonyl (C=O) groups is 1. The van der Waals surface area contributed by atoms with E-state index < -0.39 is 11.7 Å². The van der Waals surface area contributed by atoms with Gasteiger partial charge in [0.05, 0.1) is 23.4 Å². The first-order chi connectivity index (χ1) is 11.6. The monoisotopic (exact) mass is 328 g/mol. The third-order valence-electron chi connectivity index (χ3n) is 3.44. The number of fused-ring (bicyclic) bond motifs is 1. The molecule has 0 atom stereocenters. The molecule has 0 fully saturated rings. The fourth-order valence-corrected chi connectivity index (χ4v) is 2.23. The molecule has 24 heavy (non-hydrogen) atoms. The summed E-state index contributed by atoms with van der Waals surface area (Å²) in [5.41, 5.74) is 7.12. The van der Waals surface area contributed by atoms with E-state index in [1.165, 1.54) is 24.3 Å². The van der Waals surface area contributed by atoms with Gasteiger partial charge < -0.3 is 11.1 Å². The highest BCUT2D eigenvalue weighted by Crippen LogP contribution is 2.25. The van der Waals surface area contributed by atoms with Gasteiger partial charge in [-0.05, 0) is 29.8 Å². The highest BCUT2D eigenvalue weighted by atomic mass is 19.1. The normalized spacial score (nSPS) is 11.3. The minimum absolute atomic E-state index is 0.0378. The number of anilines is 1. The second-order valence-electron chi connectivity index (χ2n) is 5.12. The molecule has 4 N–H and O–H groups in total. The molecule has 0 bridgehead atoms. The number of aromatic amines is 1. The van der Waals surface area contributed by atoms with Crippen LogP contribution in [-0.4, -0.2) is 22.6 Å². The van der Waals surface area contributed by atoms with Gasteiger partial charge in [-0.3, -0.25) is 9.89 Å². The molecule has 1 amide bonds. The van der Waals surface area contributed by atoms with Crippen molar-refractivity contribution >= 4 is 34.6 Å². The summed E-state index contributed by atoms with van der Waals surface area (Å²) in [6.45, 7) is -0.236. The van der Waals surface area contributed by atoms with Gasteiger partial charge in [-0.1, -0.05) is 18.2 Å². The lowest BCUT2D eigenvalue weighted by Crippen LogP contribution is -2.22. The Hall–Kier alpha value is -3.06. The summed E-state index contributed by atoms with van der Waals surface area (Å²) in [6, 6.07) is 8.73. The second-order valence-corrected chi connectivity index (χ2v) is 5.12. The van der Waals surface area contributed by atoms with Crippen LogP contribution in [0.15, 0.2) is 36.4 Å². The van der Waals surface area contributed by atoms with E-state index >= 15 is 0 Å². The number of hydrogen-bond acceptors (Lipinski definition) is 3. The Kier molecular flexibility index (Phi) is 4.35. The van der Waals surface area contributed by atoms with Gasteiger partial charge in [-0.2, -0.15) is 5.10 Å². The number of rotatable bonds is 4. The van der Waals surface area contributed by atoms with Gasteiger partial charge in [0.15, 0.2) is 0 Å². The average molecular weight is 328 g/mol. The highest BCUT2D eigenvalue weighted by molar-refractivity contribution is 5.97. The number of nitrogens with one attached hydrogen (secondary N) is 2. The van der Waals surface area contributed by atoms with E-state index in [0.717, 1.165) is 5.56 Å². The van der Waals surface area contributed by atoms with Crippen molar-refractivity contribution in [3.63, 3.8) is 0 Å². The van der Waals surface area contributed by atoms with Crippen LogP contribution in [0.25, 0.3) is 23.1 Å². The zero-order valence-corrected chi connectivity index (χ0v) is 12.5. The number of nitrogens with two attached hydrogens (primary N) is 1. The lowest BCUT2D eigenvalue weighted by molar-refractivity contribution is -0.114. The van der Waals surface area contributed by atoms with Gasteiger partial charge in [0.2, 0.25) is 5.91 Å². The van der Waals surface area contributed by atoms with Crippen molar-refractivity contribution in [3.05, 3.63) is 59.3 Å². The number of hydrogen-bond donors (Lipinski definition) is 3. The number of aromatic nitrogens is 2. The summed E-state index contributed by atoms with van der Waals surface area (Å²) in [4.78, 5) is 11.4. The molecule has 0 radical (unpaired) electrons. The average Bonchev–Trinajstić information content (AvgIpc) is 2.96. The van der Waals surface area contributed by atoms with Crippen molar-refractivity contribution in [3.8, 4) is 0 Å². The summed E-state index contributed by atoms with van der Waals surface area (Å²) < 4.78 is 26.9. The largest absolute Gasteiger partial charge is 0.322 e. The van der Waals surface area contributed by atoms with Crippen molar-refractivity contribution in [2.24, 2.45) is 5.73 Å². The Morgan fingerprint density at radius 1 is 1.21 bits per heavy atom. The zero-order chi connectivity index (χ0) is 17.1. The van der Waals surface area contributed by atoms with Crippen LogP contribution >= 0.6 is 0 Å². The summed E-state index contributed by atoms with van der Waals surface area (Å²) in [7, 11) is 0. The Labute approximate surface area is 136 Å². The maximum Gasteiger partial charge on any atom is 0.238 e. The molecule has 0 aliphatic rings. The molecular formula is C17H14F2N4O. The van der Waals surface area contributed by atoms with Crippen molar-refractivity contribution < 1.29 is 13.6 Å². The Morgan fingerprint density at radius 2 is 1.96 bits per heavy atom. The van der Waals surface area contributed by atoms with E-state index in [4.69, 9.17) is 5.73 Å². The molecule has 0 saturated carbocycles. The zero-order valence-electron chi connectivity index (χ0n) is 12.5. The van der Waals surface area contributed by atoms with Crippen molar-refractivity contribution in [1.29, 1.82) is 0 Å². The SMILES string of the molecule is NCC(=O)Nc1cc2c(C=Cc3ccc(F)cc3)n[nH]c2cc1F. The van der Waals surface area contributed by atoms with Gasteiger partial charge in [-0.25, -0.2) is 8.78 Å². The molecule has 3 aromatic rings. The predicted molar refractivity (Wildman–Crippen MR) is 89.1 cm³/mol. The number of carbonyl (C=O) groups excluding carboxylic acids is 1. The van der Waals surface area contributed by atoms with Crippen LogP contribution in [0, 0.1) is 11.6 Å². The fourth-order valence-electron chi connectivity index (χ4n) is 2.23. The lowest BCUT2D eigenvalue weighted by Gasteiger charge is -2.05. The Balaban J connectivity index is 1.95. The van der Waals surface area contributed by atoms with Crippen molar-refractivity contribution in [1.82, 2.24) is 10.2 Å². The van der Waals surface area contributed by atoms with Crippen molar-refractivity contribution in [2.75, 3.05) is 11.9 Å². The molecular weight excluding hydrogens is 314 g/mol. The summed E-state index contributed by atoms with van der Waals surface area (Å²) in [6.07, 6.45) is 3.48. The number of benzene rings is 2. The second kappa shape index (κ2) is 6.59. The van der Waals surface area contributed by atoms with Crippen molar-refractivity contribution in [2.45, 2.75) is 0 Å². The van der Waals surface area contributed by atoms with Gasteiger partial charge in [0, 0.05) is 11.5 Å². The van der Waals surface area contributed by atoms with E-state index in [-0.39, 0.29) is 18.0 Å². The molecule has 0 unspecified atom stereocenters. The van der Waals surface area contributed by atoms with E-state index in [1.807, 2.05) is 0 Å². The van der Waals surface area contributed by atoms with Crippen LogP contribution in [0.4, 0.5) is 14.5 Å². The molecule has 0 aliphatic heterocycles. The van der Waals surface area contributed by atoms with Crippen LogP contribution in [0.1, 0.15) is 11.3 Å². The van der Waals surface area contributed by atoms with Gasteiger partial charge in [0.25, 0.3) is 0 Å². The maximum atomic E-state index is 14.0. The number of amides is 1. The minimum atomic E-state index is -0.581. The van der Waals surface area contributed by atoms with Gasteiger partial charge in [0.1, 0.15) is 11.6 Å². The van der Waals surface area contributed by atoms with Crippen LogP contribution in [0.2, 0.25) is 0 Å². The smallest absolute Gasteiger partial charge is 0.238 e. The molecule has 1 aromatic heterocycles. The predicted octanol–water partition coefficient (Wildman–Crippen LogP) is 2.91. The van der Waals surface area contributed by atoms with E-state index in [1.54, 1.807) is 24.3 Å². The third-order valence-corrected chi connectivity index (χ3v) is 3.44. The molecule has 0 aliphatic carbocycles. The molecule has 0 spiro atoms. The van der Waals surface area contributed by atoms with Crippen LogP contribution in [0.3, 0.4) is 0 Å². The maximum absolute atomic E-state index is 14.0. The molecule has 2 aromatic carbocycles. The summed E-state index contributed by atoms with van der Waals surface area (Å²) in [5.74, 6) is -1.38. The van der Waals surface area contributed by atoms with Crippen LogP contribution < -0.4 is 11.1 Å². The van der Waals surface area contributed by atoms with Gasteiger partial charge in [-0.15, -0.1) is 0 Å². The molecule has 0 saturated heterocycles. The summed E-state index contributed by atoms with van der Waals surface area (Å²) >= 11 is 0. The number of nitrogens with zero attached hydrogens (tertiary/aromatic N) is 1. The minimum Gasteiger partial charge on any atom is -0.322 e. The first kappa shape index (κ1) is 15.8. The number of H-pyrrole nitrogens is 1. The van der Waals surface area contributed by atoms with Crippen LogP contribution in [-0.2, 0) is 4.79 Å². The molecule has 1 heterocycles. The standard InChI is InChI=1S/C17H14F2N4O/c18-11-4-1-10(2-5-11)3-6-14-12-7-16(21-17(24)9-20)13(19)8-15(12)23-22-14/h1-8H,9,20H2,(H,21,24)(H,22,23). The van der Waals surface area contributed by atoms with E-state index in [0.29, 0.717) is 16.6 Å². The quantitative estimate of drug-likeness (QED) is 0.688. The number of halogens is 2. The lowest BCUT2D eigenvalue weighted by atomic mass is 10.1. The Bertz CT molecular complexity index is 916. The molecule has 122 valence electrons. The topological polar surface area (TPSA) is 83.8 Å². The molecule has 7 heteroatoms. The van der Waals surface area contributed by atoms with E-state index in [9.17, 15) is 13.6 Å². The third kappa shape index (κ3) is 3.31.